The average Bonchev–Trinajstić information content (AvgIpc) is 2.33. The Labute approximate surface area is 110 Å². The van der Waals surface area contributed by atoms with Gasteiger partial charge in [-0.1, -0.05) is 6.92 Å². The summed E-state index contributed by atoms with van der Waals surface area (Å²) >= 11 is 0. The van der Waals surface area contributed by atoms with Crippen molar-refractivity contribution in [3.05, 3.63) is 24.0 Å². The highest BCUT2D eigenvalue weighted by atomic mass is 32.2. The van der Waals surface area contributed by atoms with Gasteiger partial charge in [0, 0.05) is 21.6 Å². The summed E-state index contributed by atoms with van der Waals surface area (Å²) in [5.74, 6) is -0.593. The molecule has 1 aromatic carbocycles. The molecule has 0 saturated heterocycles. The molecule has 0 bridgehead atoms. The number of halogens is 1. The molecular formula is C12H18FNO3S. The highest BCUT2D eigenvalue weighted by Gasteiger charge is 2.10. The highest BCUT2D eigenvalue weighted by molar-refractivity contribution is 7.90. The molecule has 0 heterocycles. The van der Waals surface area contributed by atoms with Gasteiger partial charge in [-0.25, -0.2) is 12.8 Å². The summed E-state index contributed by atoms with van der Waals surface area (Å²) in [6.07, 6.45) is 1.30. The largest absolute Gasteiger partial charge is 0.492 e. The first-order valence-electron chi connectivity index (χ1n) is 6.52. The molecule has 0 fully saturated rings. The minimum atomic E-state index is -3.50. The highest BCUT2D eigenvalue weighted by Crippen LogP contribution is 2.19. The van der Waals surface area contributed by atoms with Gasteiger partial charge in [0.2, 0.25) is 0 Å². The Bertz CT molecular complexity index is 564. The summed E-state index contributed by atoms with van der Waals surface area (Å²) < 4.78 is 56.2. The van der Waals surface area contributed by atoms with E-state index >= 15 is 0 Å². The van der Waals surface area contributed by atoms with Crippen LogP contribution in [0, 0.1) is 5.82 Å². The van der Waals surface area contributed by atoms with Crippen LogP contribution >= 0.6 is 0 Å². The Balaban J connectivity index is 2.63. The first-order valence-corrected chi connectivity index (χ1v) is 7.42. The Morgan fingerprint density at radius 3 is 2.78 bits per heavy atom. The van der Waals surface area contributed by atoms with Gasteiger partial charge in [-0.3, -0.25) is 0 Å². The van der Waals surface area contributed by atoms with Crippen molar-refractivity contribution < 1.29 is 20.3 Å². The van der Waals surface area contributed by atoms with Crippen molar-refractivity contribution >= 4 is 9.84 Å². The van der Waals surface area contributed by atoms with E-state index in [1.807, 2.05) is 0 Å². The average molecular weight is 277 g/mol. The van der Waals surface area contributed by atoms with Gasteiger partial charge in [0.1, 0.15) is 18.2 Å². The standard InChI is InChI=1S/C12H18FNO3S/c1-3-4-14-5-6-17-11-7-10(13)8-12(9-11)18(2,15)16/h7-9,14H,3-6H2,1-2H3/i4D2. The monoisotopic (exact) mass is 277 g/mol. The van der Waals surface area contributed by atoms with Crippen LogP contribution in [0.15, 0.2) is 23.1 Å². The van der Waals surface area contributed by atoms with Crippen molar-refractivity contribution in [1.29, 1.82) is 0 Å². The second-order valence-electron chi connectivity index (χ2n) is 3.70. The Hall–Kier alpha value is -1.14. The zero-order valence-corrected chi connectivity index (χ0v) is 11.2. The van der Waals surface area contributed by atoms with Gasteiger partial charge in [0.05, 0.1) is 4.90 Å². The predicted molar refractivity (Wildman–Crippen MR) is 68.2 cm³/mol. The molecule has 1 rings (SSSR count). The van der Waals surface area contributed by atoms with Crippen LogP contribution in [-0.4, -0.2) is 34.3 Å². The van der Waals surface area contributed by atoms with E-state index in [0.29, 0.717) is 6.42 Å². The number of rotatable bonds is 7. The lowest BCUT2D eigenvalue weighted by Crippen LogP contribution is -2.21. The third kappa shape index (κ3) is 5.01. The summed E-state index contributed by atoms with van der Waals surface area (Å²) in [7, 11) is -3.50. The summed E-state index contributed by atoms with van der Waals surface area (Å²) in [5.41, 5.74) is 0. The zero-order chi connectivity index (χ0) is 15.4. The van der Waals surface area contributed by atoms with Crippen molar-refractivity contribution in [1.82, 2.24) is 5.32 Å². The van der Waals surface area contributed by atoms with Crippen molar-refractivity contribution in [3.63, 3.8) is 0 Å². The van der Waals surface area contributed by atoms with Crippen LogP contribution in [0.5, 0.6) is 5.75 Å². The summed E-state index contributed by atoms with van der Waals surface area (Å²) in [4.78, 5) is -0.149. The number of hydrogen-bond acceptors (Lipinski definition) is 4. The SMILES string of the molecule is [2H]C([2H])(CC)NCCOc1cc(F)cc(S(C)(=O)=O)c1. The van der Waals surface area contributed by atoms with E-state index in [0.717, 1.165) is 18.4 Å². The van der Waals surface area contributed by atoms with E-state index in [2.05, 4.69) is 5.32 Å². The van der Waals surface area contributed by atoms with Gasteiger partial charge in [-0.2, -0.15) is 0 Å². The molecule has 1 N–H and O–H groups in total. The Morgan fingerprint density at radius 1 is 1.44 bits per heavy atom. The minimum Gasteiger partial charge on any atom is -0.492 e. The molecular weight excluding hydrogens is 257 g/mol. The second kappa shape index (κ2) is 6.70. The summed E-state index contributed by atoms with van der Waals surface area (Å²) in [6, 6.07) is 3.26. The second-order valence-corrected chi connectivity index (χ2v) is 5.72. The normalized spacial score (nSPS) is 13.9. The molecule has 0 aliphatic rings. The van der Waals surface area contributed by atoms with Gasteiger partial charge in [0.25, 0.3) is 0 Å². The fourth-order valence-electron chi connectivity index (χ4n) is 1.27. The predicted octanol–water partition coefficient (Wildman–Crippen LogP) is 1.61. The van der Waals surface area contributed by atoms with Crippen LogP contribution in [0.25, 0.3) is 0 Å². The Morgan fingerprint density at radius 2 is 2.17 bits per heavy atom. The molecule has 1 aromatic rings. The zero-order valence-electron chi connectivity index (χ0n) is 12.4. The maximum absolute atomic E-state index is 13.3. The van der Waals surface area contributed by atoms with Crippen LogP contribution in [0.3, 0.4) is 0 Å². The summed E-state index contributed by atoms with van der Waals surface area (Å²) in [6.45, 7) is 0.555. The van der Waals surface area contributed by atoms with E-state index in [4.69, 9.17) is 7.48 Å². The van der Waals surface area contributed by atoms with E-state index < -0.39 is 22.2 Å². The first kappa shape index (κ1) is 11.9. The molecule has 0 radical (unpaired) electrons. The van der Waals surface area contributed by atoms with Gasteiger partial charge < -0.3 is 10.1 Å². The molecule has 4 nitrogen and oxygen atoms in total. The topological polar surface area (TPSA) is 55.4 Å². The molecule has 0 atom stereocenters. The van der Waals surface area contributed by atoms with Crippen LogP contribution in [0.2, 0.25) is 0 Å². The minimum absolute atomic E-state index is 0.101. The third-order valence-corrected chi connectivity index (χ3v) is 3.16. The molecule has 0 amide bonds. The van der Waals surface area contributed by atoms with E-state index in [-0.39, 0.29) is 23.8 Å². The molecule has 0 unspecified atom stereocenters. The number of benzene rings is 1. The fraction of sp³-hybridized carbons (Fsp3) is 0.500. The molecule has 18 heavy (non-hydrogen) atoms. The van der Waals surface area contributed by atoms with E-state index in [9.17, 15) is 12.8 Å². The van der Waals surface area contributed by atoms with Crippen molar-refractivity contribution in [2.75, 3.05) is 25.9 Å². The van der Waals surface area contributed by atoms with E-state index in [1.54, 1.807) is 6.92 Å². The maximum Gasteiger partial charge on any atom is 0.175 e. The van der Waals surface area contributed by atoms with Crippen molar-refractivity contribution in [2.24, 2.45) is 0 Å². The van der Waals surface area contributed by atoms with Gasteiger partial charge in [0.15, 0.2) is 9.84 Å². The van der Waals surface area contributed by atoms with Crippen LogP contribution < -0.4 is 10.1 Å². The number of hydrogen-bond donors (Lipinski definition) is 1. The Kier molecular flexibility index (Phi) is 4.44. The number of nitrogens with one attached hydrogen (secondary N) is 1. The fourth-order valence-corrected chi connectivity index (χ4v) is 1.92. The molecule has 0 aliphatic heterocycles. The van der Waals surface area contributed by atoms with Crippen LogP contribution in [0.4, 0.5) is 4.39 Å². The third-order valence-electron chi connectivity index (χ3n) is 2.07. The molecule has 0 spiro atoms. The van der Waals surface area contributed by atoms with Gasteiger partial charge in [-0.05, 0) is 25.1 Å². The molecule has 0 aliphatic carbocycles. The van der Waals surface area contributed by atoms with Crippen molar-refractivity contribution in [2.45, 2.75) is 18.2 Å². The molecule has 0 saturated carbocycles. The molecule has 6 heteroatoms. The van der Waals surface area contributed by atoms with Gasteiger partial charge in [-0.15, -0.1) is 0 Å². The lowest BCUT2D eigenvalue weighted by atomic mass is 10.3. The van der Waals surface area contributed by atoms with E-state index in [1.165, 1.54) is 6.07 Å². The smallest absolute Gasteiger partial charge is 0.175 e. The molecule has 0 aromatic heterocycles. The van der Waals surface area contributed by atoms with Crippen LogP contribution in [-0.2, 0) is 9.84 Å². The number of ether oxygens (including phenoxy) is 1. The maximum atomic E-state index is 13.3. The first-order chi connectivity index (χ1) is 9.14. The lowest BCUT2D eigenvalue weighted by molar-refractivity contribution is 0.312. The number of sulfone groups is 1. The quantitative estimate of drug-likeness (QED) is 0.769. The van der Waals surface area contributed by atoms with Gasteiger partial charge >= 0.3 is 0 Å². The van der Waals surface area contributed by atoms with Crippen molar-refractivity contribution in [3.8, 4) is 5.75 Å². The molecule has 102 valence electrons. The van der Waals surface area contributed by atoms with Crippen LogP contribution in [0.1, 0.15) is 16.1 Å². The lowest BCUT2D eigenvalue weighted by Gasteiger charge is -2.08. The summed E-state index contributed by atoms with van der Waals surface area (Å²) in [5, 5.41) is 2.63.